The van der Waals surface area contributed by atoms with E-state index >= 15 is 0 Å². The lowest BCUT2D eigenvalue weighted by molar-refractivity contribution is 0.131. The van der Waals surface area contributed by atoms with Gasteiger partial charge in [0, 0.05) is 0 Å². The van der Waals surface area contributed by atoms with Crippen molar-refractivity contribution >= 4 is 12.0 Å². The number of H-pyrrole nitrogens is 1. The average molecular weight is 172 g/mol. The summed E-state index contributed by atoms with van der Waals surface area (Å²) in [7, 11) is 0. The van der Waals surface area contributed by atoms with Gasteiger partial charge < -0.3 is 9.84 Å². The Morgan fingerprint density at radius 3 is 3.25 bits per heavy atom. The van der Waals surface area contributed by atoms with Gasteiger partial charge in [-0.3, -0.25) is 5.32 Å². The van der Waals surface area contributed by atoms with Gasteiger partial charge in [0.1, 0.15) is 12.9 Å². The van der Waals surface area contributed by atoms with E-state index in [4.69, 9.17) is 5.11 Å². The third kappa shape index (κ3) is 2.54. The number of nitrogens with zero attached hydrogens (tertiary/aromatic N) is 2. The highest BCUT2D eigenvalue weighted by Crippen LogP contribution is 1.92. The maximum absolute atomic E-state index is 10.7. The number of carbonyl (C=O) groups excluding carboxylic acids is 1. The third-order valence-electron chi connectivity index (χ3n) is 0.960. The van der Waals surface area contributed by atoms with Crippen LogP contribution >= 0.6 is 0 Å². The van der Waals surface area contributed by atoms with Crippen LogP contribution in [0.15, 0.2) is 6.33 Å². The van der Waals surface area contributed by atoms with Crippen LogP contribution < -0.4 is 5.32 Å². The highest BCUT2D eigenvalue weighted by molar-refractivity contribution is 5.81. The van der Waals surface area contributed by atoms with Crippen LogP contribution in [-0.2, 0) is 4.74 Å². The Balaban J connectivity index is 2.27. The number of carbonyl (C=O) groups is 1. The van der Waals surface area contributed by atoms with Gasteiger partial charge in [0.2, 0.25) is 5.95 Å². The lowest BCUT2D eigenvalue weighted by atomic mass is 10.8. The Morgan fingerprint density at radius 1 is 1.83 bits per heavy atom. The van der Waals surface area contributed by atoms with E-state index in [1.165, 1.54) is 6.33 Å². The summed E-state index contributed by atoms with van der Waals surface area (Å²) in [6.07, 6.45) is 0.572. The van der Waals surface area contributed by atoms with E-state index in [9.17, 15) is 4.79 Å². The largest absolute Gasteiger partial charge is 0.447 e. The number of hydrogen-bond donors (Lipinski definition) is 3. The van der Waals surface area contributed by atoms with Crippen molar-refractivity contribution in [3.8, 4) is 0 Å². The summed E-state index contributed by atoms with van der Waals surface area (Å²) in [5.74, 6) is 0.206. The highest BCUT2D eigenvalue weighted by Gasteiger charge is 2.03. The molecule has 0 fully saturated rings. The van der Waals surface area contributed by atoms with E-state index in [1.54, 1.807) is 0 Å². The molecular weight excluding hydrogens is 164 g/mol. The maximum atomic E-state index is 10.7. The Morgan fingerprint density at radius 2 is 2.67 bits per heavy atom. The van der Waals surface area contributed by atoms with Crippen molar-refractivity contribution in [2.75, 3.05) is 18.5 Å². The molecule has 7 nitrogen and oxygen atoms in total. The number of aromatic nitrogens is 3. The SMILES string of the molecule is O=C(Nc1ncn[nH]1)OCCO. The molecule has 7 heteroatoms. The van der Waals surface area contributed by atoms with Gasteiger partial charge in [-0.25, -0.2) is 9.89 Å². The van der Waals surface area contributed by atoms with E-state index in [0.717, 1.165) is 0 Å². The van der Waals surface area contributed by atoms with Crippen LogP contribution in [0, 0.1) is 0 Å². The molecule has 1 rings (SSSR count). The zero-order valence-corrected chi connectivity index (χ0v) is 6.15. The summed E-state index contributed by atoms with van der Waals surface area (Å²) in [6.45, 7) is -0.246. The molecule has 0 aromatic carbocycles. The number of ether oxygens (including phenoxy) is 1. The van der Waals surface area contributed by atoms with Gasteiger partial charge in [0.15, 0.2) is 0 Å². The number of aromatic amines is 1. The number of amides is 1. The molecule has 0 saturated heterocycles. The van der Waals surface area contributed by atoms with Gasteiger partial charge in [0.25, 0.3) is 0 Å². The Kier molecular flexibility index (Phi) is 3.03. The Hall–Kier alpha value is -1.63. The molecule has 0 spiro atoms. The monoisotopic (exact) mass is 172 g/mol. The molecule has 0 atom stereocenters. The zero-order valence-electron chi connectivity index (χ0n) is 6.15. The van der Waals surface area contributed by atoms with Crippen molar-refractivity contribution in [3.05, 3.63) is 6.33 Å². The summed E-state index contributed by atoms with van der Waals surface area (Å²) in [5, 5.41) is 16.5. The summed E-state index contributed by atoms with van der Waals surface area (Å²) in [6, 6.07) is 0. The van der Waals surface area contributed by atoms with Gasteiger partial charge >= 0.3 is 6.09 Å². The second-order valence-corrected chi connectivity index (χ2v) is 1.82. The molecule has 0 saturated carbocycles. The minimum absolute atomic E-state index is 0.0417. The molecule has 66 valence electrons. The number of anilines is 1. The first kappa shape index (κ1) is 8.47. The van der Waals surface area contributed by atoms with E-state index in [1.807, 2.05) is 0 Å². The van der Waals surface area contributed by atoms with E-state index < -0.39 is 6.09 Å². The Bertz CT molecular complexity index is 235. The molecule has 12 heavy (non-hydrogen) atoms. The van der Waals surface area contributed by atoms with E-state index in [0.29, 0.717) is 0 Å². The van der Waals surface area contributed by atoms with Crippen LogP contribution in [0.2, 0.25) is 0 Å². The zero-order chi connectivity index (χ0) is 8.81. The fourth-order valence-electron chi connectivity index (χ4n) is 0.537. The predicted octanol–water partition coefficient (Wildman–Crippen LogP) is -0.655. The van der Waals surface area contributed by atoms with Crippen molar-refractivity contribution in [2.24, 2.45) is 0 Å². The molecule has 1 aromatic heterocycles. The minimum Gasteiger partial charge on any atom is -0.447 e. The molecule has 1 aromatic rings. The number of aliphatic hydroxyl groups excluding tert-OH is 1. The number of hydrogen-bond acceptors (Lipinski definition) is 5. The standard InChI is InChI=1S/C5H8N4O3/c10-1-2-12-5(11)8-4-6-3-7-9-4/h3,10H,1-2H2,(H2,6,7,8,9,11). The van der Waals surface area contributed by atoms with Crippen LogP contribution in [0.1, 0.15) is 0 Å². The molecule has 0 radical (unpaired) electrons. The molecule has 0 bridgehead atoms. The quantitative estimate of drug-likeness (QED) is 0.562. The van der Waals surface area contributed by atoms with Crippen LogP contribution in [0.25, 0.3) is 0 Å². The lowest BCUT2D eigenvalue weighted by Crippen LogP contribution is -2.16. The second-order valence-electron chi connectivity index (χ2n) is 1.82. The van der Waals surface area contributed by atoms with Gasteiger partial charge in [-0.05, 0) is 0 Å². The van der Waals surface area contributed by atoms with Crippen molar-refractivity contribution in [1.29, 1.82) is 0 Å². The summed E-state index contributed by atoms with van der Waals surface area (Å²) in [4.78, 5) is 14.4. The number of rotatable bonds is 3. The normalized spacial score (nSPS) is 9.42. The minimum atomic E-state index is -0.680. The predicted molar refractivity (Wildman–Crippen MR) is 38.4 cm³/mol. The smallest absolute Gasteiger partial charge is 0.414 e. The van der Waals surface area contributed by atoms with Crippen molar-refractivity contribution in [3.63, 3.8) is 0 Å². The Labute approximate surface area is 67.8 Å². The average Bonchev–Trinajstić information content (AvgIpc) is 2.53. The fourth-order valence-corrected chi connectivity index (χ4v) is 0.537. The second kappa shape index (κ2) is 4.29. The first-order valence-electron chi connectivity index (χ1n) is 3.23. The first-order valence-corrected chi connectivity index (χ1v) is 3.23. The molecule has 0 aliphatic rings. The summed E-state index contributed by atoms with van der Waals surface area (Å²) < 4.78 is 4.48. The molecular formula is C5H8N4O3. The summed E-state index contributed by atoms with van der Waals surface area (Å²) in [5.41, 5.74) is 0. The fraction of sp³-hybridized carbons (Fsp3) is 0.400. The molecule has 1 heterocycles. The molecule has 3 N–H and O–H groups in total. The van der Waals surface area contributed by atoms with Gasteiger partial charge in [-0.2, -0.15) is 10.1 Å². The van der Waals surface area contributed by atoms with Gasteiger partial charge in [-0.15, -0.1) is 0 Å². The van der Waals surface area contributed by atoms with Crippen LogP contribution in [-0.4, -0.2) is 39.6 Å². The molecule has 0 unspecified atom stereocenters. The first-order chi connectivity index (χ1) is 5.83. The molecule has 0 aliphatic heterocycles. The molecule has 1 amide bonds. The number of nitrogens with one attached hydrogen (secondary N) is 2. The van der Waals surface area contributed by atoms with Crippen molar-refractivity contribution in [2.45, 2.75) is 0 Å². The summed E-state index contributed by atoms with van der Waals surface area (Å²) >= 11 is 0. The van der Waals surface area contributed by atoms with Crippen LogP contribution in [0.3, 0.4) is 0 Å². The van der Waals surface area contributed by atoms with E-state index in [2.05, 4.69) is 25.2 Å². The van der Waals surface area contributed by atoms with Crippen LogP contribution in [0.4, 0.5) is 10.7 Å². The van der Waals surface area contributed by atoms with Gasteiger partial charge in [-0.1, -0.05) is 0 Å². The molecule has 0 aliphatic carbocycles. The van der Waals surface area contributed by atoms with Crippen LogP contribution in [0.5, 0.6) is 0 Å². The highest BCUT2D eigenvalue weighted by atomic mass is 16.6. The van der Waals surface area contributed by atoms with Crippen molar-refractivity contribution < 1.29 is 14.6 Å². The van der Waals surface area contributed by atoms with Gasteiger partial charge in [0.05, 0.1) is 6.61 Å². The lowest BCUT2D eigenvalue weighted by Gasteiger charge is -2.01. The van der Waals surface area contributed by atoms with Crippen molar-refractivity contribution in [1.82, 2.24) is 15.2 Å². The van der Waals surface area contributed by atoms with E-state index in [-0.39, 0.29) is 19.2 Å². The number of aliphatic hydroxyl groups is 1. The topological polar surface area (TPSA) is 100 Å². The maximum Gasteiger partial charge on any atom is 0.414 e. The third-order valence-corrected chi connectivity index (χ3v) is 0.960.